The molecule has 14 heavy (non-hydrogen) atoms. The summed E-state index contributed by atoms with van der Waals surface area (Å²) in [6, 6.07) is 8.08. The molecule has 3 heteroatoms. The first kappa shape index (κ1) is 7.38. The third kappa shape index (κ3) is 0.956. The molecule has 0 aliphatic rings. The van der Waals surface area contributed by atoms with Crippen LogP contribution in [0.2, 0.25) is 0 Å². The first-order valence-corrected chi connectivity index (χ1v) is 4.50. The van der Waals surface area contributed by atoms with Gasteiger partial charge in [0.25, 0.3) is 0 Å². The average molecular weight is 183 g/mol. The van der Waals surface area contributed by atoms with Crippen LogP contribution >= 0.6 is 0 Å². The van der Waals surface area contributed by atoms with Crippen molar-refractivity contribution < 1.29 is 0 Å². The molecular formula is C11H9N3. The van der Waals surface area contributed by atoms with E-state index in [1.54, 1.807) is 0 Å². The van der Waals surface area contributed by atoms with Gasteiger partial charge in [0.1, 0.15) is 5.65 Å². The van der Waals surface area contributed by atoms with Gasteiger partial charge in [-0.15, -0.1) is 0 Å². The van der Waals surface area contributed by atoms with Crippen molar-refractivity contribution in [2.75, 3.05) is 0 Å². The van der Waals surface area contributed by atoms with E-state index in [9.17, 15) is 0 Å². The fraction of sp³-hybridized carbons (Fsp3) is 0. The van der Waals surface area contributed by atoms with Crippen LogP contribution in [-0.2, 0) is 0 Å². The van der Waals surface area contributed by atoms with Gasteiger partial charge in [-0.1, -0.05) is 0 Å². The van der Waals surface area contributed by atoms with Crippen molar-refractivity contribution in [1.82, 2.24) is 14.5 Å². The third-order valence-electron chi connectivity index (χ3n) is 2.32. The minimum absolute atomic E-state index is 0.927. The van der Waals surface area contributed by atoms with Crippen molar-refractivity contribution >= 4 is 11.0 Å². The molecule has 0 unspecified atom stereocenters. The van der Waals surface area contributed by atoms with E-state index in [1.165, 1.54) is 0 Å². The Kier molecular flexibility index (Phi) is 1.44. The molecule has 0 amide bonds. The quantitative estimate of drug-likeness (QED) is 0.617. The normalized spacial score (nSPS) is 10.9. The number of aromatic amines is 1. The number of nitrogens with zero attached hydrogens (tertiary/aromatic N) is 2. The van der Waals surface area contributed by atoms with Gasteiger partial charge in [0.15, 0.2) is 0 Å². The summed E-state index contributed by atoms with van der Waals surface area (Å²) in [6.45, 7) is 0. The number of hydrogen-bond donors (Lipinski definition) is 1. The first-order chi connectivity index (χ1) is 6.95. The summed E-state index contributed by atoms with van der Waals surface area (Å²) in [4.78, 5) is 7.34. The third-order valence-corrected chi connectivity index (χ3v) is 2.32. The maximum absolute atomic E-state index is 4.24. The molecule has 0 fully saturated rings. The second-order valence-electron chi connectivity index (χ2n) is 3.16. The Balaban J connectivity index is 2.36. The predicted octanol–water partition coefficient (Wildman–Crippen LogP) is 2.35. The number of hydrogen-bond acceptors (Lipinski definition) is 1. The lowest BCUT2D eigenvalue weighted by atomic mass is 10.3. The van der Waals surface area contributed by atoms with Gasteiger partial charge in [-0.25, -0.2) is 4.98 Å². The summed E-state index contributed by atoms with van der Waals surface area (Å²) in [5.41, 5.74) is 2.08. The zero-order chi connectivity index (χ0) is 9.38. The molecule has 0 saturated heterocycles. The molecule has 1 N–H and O–H groups in total. The van der Waals surface area contributed by atoms with E-state index in [4.69, 9.17) is 0 Å². The zero-order valence-corrected chi connectivity index (χ0v) is 7.51. The highest BCUT2D eigenvalue weighted by atomic mass is 15.0. The molecule has 0 radical (unpaired) electrons. The van der Waals surface area contributed by atoms with Crippen molar-refractivity contribution in [2.24, 2.45) is 0 Å². The Bertz CT molecular complexity index is 549. The lowest BCUT2D eigenvalue weighted by Crippen LogP contribution is -1.90. The van der Waals surface area contributed by atoms with E-state index in [1.807, 2.05) is 49.1 Å². The molecule has 3 aromatic rings. The highest BCUT2D eigenvalue weighted by molar-refractivity contribution is 5.84. The van der Waals surface area contributed by atoms with Gasteiger partial charge in [-0.3, -0.25) is 0 Å². The molecule has 0 bridgehead atoms. The summed E-state index contributed by atoms with van der Waals surface area (Å²) >= 11 is 0. The minimum atomic E-state index is 0.927. The number of H-pyrrole nitrogens is 1. The van der Waals surface area contributed by atoms with E-state index in [2.05, 4.69) is 14.5 Å². The number of pyridine rings is 1. The Hall–Kier alpha value is -2.03. The predicted molar refractivity (Wildman–Crippen MR) is 55.4 cm³/mol. The number of fused-ring (bicyclic) bond motifs is 1. The summed E-state index contributed by atoms with van der Waals surface area (Å²) in [5, 5.41) is 1.14. The van der Waals surface area contributed by atoms with Crippen molar-refractivity contribution in [3.8, 4) is 5.69 Å². The average Bonchev–Trinajstić information content (AvgIpc) is 2.88. The second kappa shape index (κ2) is 2.73. The van der Waals surface area contributed by atoms with Gasteiger partial charge in [0.05, 0.1) is 5.69 Å². The number of nitrogens with one attached hydrogen (secondary N) is 1. The van der Waals surface area contributed by atoms with E-state index >= 15 is 0 Å². The molecular weight excluding hydrogens is 174 g/mol. The first-order valence-electron chi connectivity index (χ1n) is 4.50. The Morgan fingerprint density at radius 2 is 2.00 bits per heavy atom. The largest absolute Gasteiger partial charge is 0.346 e. The molecule has 68 valence electrons. The molecule has 3 nitrogen and oxygen atoms in total. The van der Waals surface area contributed by atoms with Crippen molar-refractivity contribution in [3.63, 3.8) is 0 Å². The minimum Gasteiger partial charge on any atom is -0.346 e. The maximum atomic E-state index is 4.24. The van der Waals surface area contributed by atoms with Gasteiger partial charge in [0, 0.05) is 30.2 Å². The second-order valence-corrected chi connectivity index (χ2v) is 3.16. The summed E-state index contributed by atoms with van der Waals surface area (Å²) in [5.74, 6) is 0. The lowest BCUT2D eigenvalue weighted by molar-refractivity contribution is 1.09. The van der Waals surface area contributed by atoms with Gasteiger partial charge in [-0.2, -0.15) is 0 Å². The Morgan fingerprint density at radius 3 is 2.86 bits per heavy atom. The Morgan fingerprint density at radius 1 is 1.14 bits per heavy atom. The van der Waals surface area contributed by atoms with Gasteiger partial charge < -0.3 is 9.55 Å². The van der Waals surface area contributed by atoms with E-state index in [0.717, 1.165) is 16.7 Å². The van der Waals surface area contributed by atoms with Crippen LogP contribution in [0, 0.1) is 0 Å². The van der Waals surface area contributed by atoms with Crippen LogP contribution < -0.4 is 0 Å². The van der Waals surface area contributed by atoms with Crippen LogP contribution in [0.5, 0.6) is 0 Å². The molecule has 0 aromatic carbocycles. The molecule has 3 heterocycles. The lowest BCUT2D eigenvalue weighted by Gasteiger charge is -2.03. The standard InChI is InChI=1S/C11H9N3/c1-2-8-14(7-1)10-4-6-13-11-9(10)3-5-12-11/h1-8H,(H,12,13). The van der Waals surface area contributed by atoms with Crippen LogP contribution in [0.3, 0.4) is 0 Å². The van der Waals surface area contributed by atoms with Crippen molar-refractivity contribution in [1.29, 1.82) is 0 Å². The molecule has 0 spiro atoms. The van der Waals surface area contributed by atoms with Crippen LogP contribution in [0.25, 0.3) is 16.7 Å². The topological polar surface area (TPSA) is 33.6 Å². The molecule has 3 rings (SSSR count). The SMILES string of the molecule is c1ccn(-c2ccnc3[nH]ccc23)c1. The highest BCUT2D eigenvalue weighted by Gasteiger charge is 2.02. The molecule has 0 atom stereocenters. The summed E-state index contributed by atoms with van der Waals surface area (Å²) < 4.78 is 2.08. The smallest absolute Gasteiger partial charge is 0.139 e. The van der Waals surface area contributed by atoms with E-state index in [-0.39, 0.29) is 0 Å². The summed E-state index contributed by atoms with van der Waals surface area (Å²) in [6.07, 6.45) is 7.78. The van der Waals surface area contributed by atoms with Gasteiger partial charge >= 0.3 is 0 Å². The van der Waals surface area contributed by atoms with Crippen LogP contribution in [0.15, 0.2) is 49.1 Å². The van der Waals surface area contributed by atoms with Crippen LogP contribution in [0.4, 0.5) is 0 Å². The Labute approximate surface area is 81.0 Å². The fourth-order valence-electron chi connectivity index (χ4n) is 1.67. The number of rotatable bonds is 1. The fourth-order valence-corrected chi connectivity index (χ4v) is 1.67. The molecule has 0 aliphatic carbocycles. The van der Waals surface area contributed by atoms with Crippen LogP contribution in [-0.4, -0.2) is 14.5 Å². The molecule has 3 aromatic heterocycles. The van der Waals surface area contributed by atoms with Crippen molar-refractivity contribution in [3.05, 3.63) is 49.1 Å². The van der Waals surface area contributed by atoms with E-state index < -0.39 is 0 Å². The zero-order valence-electron chi connectivity index (χ0n) is 7.51. The number of aromatic nitrogens is 3. The van der Waals surface area contributed by atoms with Crippen LogP contribution in [0.1, 0.15) is 0 Å². The van der Waals surface area contributed by atoms with Crippen molar-refractivity contribution in [2.45, 2.75) is 0 Å². The maximum Gasteiger partial charge on any atom is 0.139 e. The van der Waals surface area contributed by atoms with Gasteiger partial charge in [0.2, 0.25) is 0 Å². The monoisotopic (exact) mass is 183 g/mol. The van der Waals surface area contributed by atoms with Gasteiger partial charge in [-0.05, 0) is 24.3 Å². The summed E-state index contributed by atoms with van der Waals surface area (Å²) in [7, 11) is 0. The van der Waals surface area contributed by atoms with E-state index in [0.29, 0.717) is 0 Å². The molecule has 0 aliphatic heterocycles. The highest BCUT2D eigenvalue weighted by Crippen LogP contribution is 2.18. The molecule has 0 saturated carbocycles.